The summed E-state index contributed by atoms with van der Waals surface area (Å²) in [4.78, 5) is 11.6. The van der Waals surface area contributed by atoms with Crippen molar-refractivity contribution in [2.75, 3.05) is 18.9 Å². The first-order valence-corrected chi connectivity index (χ1v) is 6.13. The molecule has 0 spiro atoms. The van der Waals surface area contributed by atoms with E-state index in [0.717, 1.165) is 12.1 Å². The van der Waals surface area contributed by atoms with Crippen molar-refractivity contribution in [3.05, 3.63) is 27.3 Å². The van der Waals surface area contributed by atoms with E-state index in [9.17, 15) is 13.6 Å². The molecule has 18 heavy (non-hydrogen) atoms. The van der Waals surface area contributed by atoms with Gasteiger partial charge in [-0.15, -0.1) is 12.4 Å². The molecule has 1 unspecified atom stereocenters. The van der Waals surface area contributed by atoms with Gasteiger partial charge in [0.25, 0.3) is 0 Å². The molecule has 7 heteroatoms. The number of rotatable bonds is 4. The highest BCUT2D eigenvalue weighted by Gasteiger charge is 2.14. The number of halogens is 4. The standard InChI is InChI=1S/C11H13F2IN2O.ClH/c1-6(5-15-2)11(17)16-7-3-8(12)10(14)9(13)4-7;/h3-4,6,15H,5H2,1-2H3,(H,16,17);1H. The van der Waals surface area contributed by atoms with Gasteiger partial charge in [0, 0.05) is 18.2 Å². The van der Waals surface area contributed by atoms with E-state index in [1.54, 1.807) is 36.6 Å². The van der Waals surface area contributed by atoms with Gasteiger partial charge in [-0.1, -0.05) is 6.92 Å². The van der Waals surface area contributed by atoms with E-state index in [2.05, 4.69) is 10.6 Å². The smallest absolute Gasteiger partial charge is 0.228 e. The van der Waals surface area contributed by atoms with E-state index >= 15 is 0 Å². The highest BCUT2D eigenvalue weighted by atomic mass is 127. The maximum absolute atomic E-state index is 13.2. The number of amides is 1. The van der Waals surface area contributed by atoms with E-state index in [0.29, 0.717) is 6.54 Å². The van der Waals surface area contributed by atoms with Crippen LogP contribution in [-0.2, 0) is 4.79 Å². The van der Waals surface area contributed by atoms with Crippen molar-refractivity contribution in [2.24, 2.45) is 5.92 Å². The van der Waals surface area contributed by atoms with Crippen LogP contribution in [0.2, 0.25) is 0 Å². The molecule has 0 heterocycles. The van der Waals surface area contributed by atoms with E-state index in [4.69, 9.17) is 0 Å². The summed E-state index contributed by atoms with van der Waals surface area (Å²) in [6.07, 6.45) is 0. The van der Waals surface area contributed by atoms with Gasteiger partial charge in [0.05, 0.1) is 3.57 Å². The van der Waals surface area contributed by atoms with Gasteiger partial charge in [0.15, 0.2) is 0 Å². The topological polar surface area (TPSA) is 41.1 Å². The van der Waals surface area contributed by atoms with Gasteiger partial charge in [-0.2, -0.15) is 0 Å². The fraction of sp³-hybridized carbons (Fsp3) is 0.364. The lowest BCUT2D eigenvalue weighted by Gasteiger charge is -2.12. The summed E-state index contributed by atoms with van der Waals surface area (Å²) in [7, 11) is 1.73. The Labute approximate surface area is 124 Å². The van der Waals surface area contributed by atoms with Crippen molar-refractivity contribution in [1.82, 2.24) is 5.32 Å². The van der Waals surface area contributed by atoms with Crippen molar-refractivity contribution in [1.29, 1.82) is 0 Å². The number of benzene rings is 1. The van der Waals surface area contributed by atoms with Crippen molar-refractivity contribution < 1.29 is 13.6 Å². The Hall–Kier alpha value is -0.470. The van der Waals surface area contributed by atoms with Crippen LogP contribution >= 0.6 is 35.0 Å². The number of nitrogens with one attached hydrogen (secondary N) is 2. The Morgan fingerprint density at radius 1 is 1.39 bits per heavy atom. The summed E-state index contributed by atoms with van der Waals surface area (Å²) in [5, 5.41) is 5.33. The lowest BCUT2D eigenvalue weighted by Crippen LogP contribution is -2.28. The molecule has 0 aliphatic carbocycles. The number of anilines is 1. The molecule has 3 nitrogen and oxygen atoms in total. The molecule has 0 bridgehead atoms. The largest absolute Gasteiger partial charge is 0.326 e. The van der Waals surface area contributed by atoms with E-state index in [-0.39, 0.29) is 33.5 Å². The Morgan fingerprint density at radius 3 is 2.33 bits per heavy atom. The predicted octanol–water partition coefficient (Wildman–Crippen LogP) is 2.79. The zero-order valence-electron chi connectivity index (χ0n) is 9.89. The summed E-state index contributed by atoms with van der Waals surface area (Å²) < 4.78 is 26.4. The van der Waals surface area contributed by atoms with Gasteiger partial charge >= 0.3 is 0 Å². The van der Waals surface area contributed by atoms with Crippen LogP contribution in [0.25, 0.3) is 0 Å². The molecule has 0 aromatic heterocycles. The zero-order chi connectivity index (χ0) is 13.0. The fourth-order valence-electron chi connectivity index (χ4n) is 1.29. The molecular formula is C11H14ClF2IN2O. The second-order valence-electron chi connectivity index (χ2n) is 3.70. The maximum atomic E-state index is 13.2. The van der Waals surface area contributed by atoms with Crippen LogP contribution < -0.4 is 10.6 Å². The molecule has 0 saturated heterocycles. The molecule has 0 fully saturated rings. The third-order valence-corrected chi connectivity index (χ3v) is 3.24. The summed E-state index contributed by atoms with van der Waals surface area (Å²) >= 11 is 1.57. The normalized spacial score (nSPS) is 11.6. The Balaban J connectivity index is 0.00000289. The molecule has 1 atom stereocenters. The van der Waals surface area contributed by atoms with Gasteiger partial charge in [-0.3, -0.25) is 4.79 Å². The third-order valence-electron chi connectivity index (χ3n) is 2.21. The fourth-order valence-corrected chi connectivity index (χ4v) is 1.60. The predicted molar refractivity (Wildman–Crippen MR) is 78.0 cm³/mol. The van der Waals surface area contributed by atoms with Crippen LogP contribution in [0.3, 0.4) is 0 Å². The van der Waals surface area contributed by atoms with Crippen molar-refractivity contribution in [3.63, 3.8) is 0 Å². The van der Waals surface area contributed by atoms with Crippen LogP contribution in [0, 0.1) is 21.1 Å². The van der Waals surface area contributed by atoms with Crippen LogP contribution in [0.15, 0.2) is 12.1 Å². The summed E-state index contributed by atoms with van der Waals surface area (Å²) in [6.45, 7) is 2.23. The molecule has 0 radical (unpaired) electrons. The molecule has 0 aliphatic rings. The summed E-state index contributed by atoms with van der Waals surface area (Å²) in [5.74, 6) is -1.91. The first kappa shape index (κ1) is 17.5. The van der Waals surface area contributed by atoms with E-state index in [1.165, 1.54) is 0 Å². The third kappa shape index (κ3) is 4.66. The quantitative estimate of drug-likeness (QED) is 0.613. The maximum Gasteiger partial charge on any atom is 0.228 e. The van der Waals surface area contributed by atoms with Gasteiger partial charge in [-0.25, -0.2) is 8.78 Å². The van der Waals surface area contributed by atoms with E-state index in [1.807, 2.05) is 0 Å². The zero-order valence-corrected chi connectivity index (χ0v) is 12.9. The van der Waals surface area contributed by atoms with Crippen molar-refractivity contribution >= 4 is 46.6 Å². The summed E-state index contributed by atoms with van der Waals surface area (Å²) in [5.41, 5.74) is 0.133. The van der Waals surface area contributed by atoms with Crippen molar-refractivity contribution in [2.45, 2.75) is 6.92 Å². The van der Waals surface area contributed by atoms with Gasteiger partial charge in [0.2, 0.25) is 5.91 Å². The number of hydrogen-bond acceptors (Lipinski definition) is 2. The minimum atomic E-state index is -0.679. The molecule has 1 aromatic rings. The first-order valence-electron chi connectivity index (χ1n) is 5.05. The Bertz CT molecular complexity index is 408. The van der Waals surface area contributed by atoms with Crippen LogP contribution in [-0.4, -0.2) is 19.5 Å². The number of hydrogen-bond donors (Lipinski definition) is 2. The molecule has 2 N–H and O–H groups in total. The molecule has 1 aromatic carbocycles. The van der Waals surface area contributed by atoms with Crippen molar-refractivity contribution in [3.8, 4) is 0 Å². The highest BCUT2D eigenvalue weighted by Crippen LogP contribution is 2.20. The minimum Gasteiger partial charge on any atom is -0.326 e. The highest BCUT2D eigenvalue weighted by molar-refractivity contribution is 14.1. The second kappa shape index (κ2) is 7.85. The molecule has 102 valence electrons. The molecule has 0 aliphatic heterocycles. The number of carbonyl (C=O) groups excluding carboxylic acids is 1. The Kier molecular flexibility index (Phi) is 7.65. The van der Waals surface area contributed by atoms with Crippen LogP contribution in [0.1, 0.15) is 6.92 Å². The lowest BCUT2D eigenvalue weighted by molar-refractivity contribution is -0.119. The molecular weight excluding hydrogens is 376 g/mol. The SMILES string of the molecule is CNCC(C)C(=O)Nc1cc(F)c(I)c(F)c1.Cl. The second-order valence-corrected chi connectivity index (χ2v) is 4.78. The van der Waals surface area contributed by atoms with Gasteiger partial charge < -0.3 is 10.6 Å². The average Bonchev–Trinajstić information content (AvgIpc) is 2.26. The van der Waals surface area contributed by atoms with Gasteiger partial charge in [0.1, 0.15) is 11.6 Å². The molecule has 1 rings (SSSR count). The Morgan fingerprint density at radius 2 is 1.89 bits per heavy atom. The average molecular weight is 391 g/mol. The molecule has 1 amide bonds. The summed E-state index contributed by atoms with van der Waals surface area (Å²) in [6, 6.07) is 2.21. The molecule has 0 saturated carbocycles. The monoisotopic (exact) mass is 390 g/mol. The number of carbonyl (C=O) groups is 1. The lowest BCUT2D eigenvalue weighted by atomic mass is 10.1. The van der Waals surface area contributed by atoms with E-state index < -0.39 is 11.6 Å². The minimum absolute atomic E-state index is 0. The van der Waals surface area contributed by atoms with Gasteiger partial charge in [-0.05, 0) is 41.8 Å². The first-order chi connectivity index (χ1) is 7.95. The van der Waals surface area contributed by atoms with Crippen LogP contribution in [0.4, 0.5) is 14.5 Å². The van der Waals surface area contributed by atoms with Crippen LogP contribution in [0.5, 0.6) is 0 Å².